The molecule has 1 saturated carbocycles. The van der Waals surface area contributed by atoms with E-state index in [4.69, 9.17) is 11.6 Å². The summed E-state index contributed by atoms with van der Waals surface area (Å²) in [6, 6.07) is 0.498. The highest BCUT2D eigenvalue weighted by Crippen LogP contribution is 2.43. The lowest BCUT2D eigenvalue weighted by molar-refractivity contribution is 0.438. The number of fused-ring (bicyclic) bond motifs is 1. The predicted molar refractivity (Wildman–Crippen MR) is 59.7 cm³/mol. The fourth-order valence-corrected chi connectivity index (χ4v) is 3.53. The van der Waals surface area contributed by atoms with E-state index in [9.17, 15) is 0 Å². The van der Waals surface area contributed by atoms with E-state index in [1.165, 1.54) is 24.1 Å². The Kier molecular flexibility index (Phi) is 2.06. The van der Waals surface area contributed by atoms with Crippen LogP contribution in [0.4, 0.5) is 0 Å². The van der Waals surface area contributed by atoms with Gasteiger partial charge in [-0.15, -0.1) is 0 Å². The van der Waals surface area contributed by atoms with Gasteiger partial charge in [-0.3, -0.25) is 4.68 Å². The van der Waals surface area contributed by atoms with Crippen LogP contribution in [-0.4, -0.2) is 9.78 Å². The Morgan fingerprint density at radius 3 is 2.93 bits per heavy atom. The number of hydrogen-bond acceptors (Lipinski definition) is 2. The molecule has 0 amide bonds. The van der Waals surface area contributed by atoms with Crippen molar-refractivity contribution in [3.05, 3.63) is 16.4 Å². The molecule has 1 aliphatic heterocycles. The summed E-state index contributed by atoms with van der Waals surface area (Å²) in [4.78, 5) is 0. The summed E-state index contributed by atoms with van der Waals surface area (Å²) in [5, 5.41) is 5.51. The average Bonchev–Trinajstić information content (AvgIpc) is 2.84. The lowest BCUT2D eigenvalue weighted by atomic mass is 10.2. The van der Waals surface area contributed by atoms with Gasteiger partial charge in [0.1, 0.15) is 5.15 Å². The molecular weight excluding hydrogens is 216 g/mol. The maximum absolute atomic E-state index is 6.32. The van der Waals surface area contributed by atoms with Crippen molar-refractivity contribution < 1.29 is 0 Å². The normalized spacial score (nSPS) is 22.4. The second-order valence-electron chi connectivity index (χ2n) is 4.23. The van der Waals surface area contributed by atoms with Crippen LogP contribution >= 0.6 is 23.4 Å². The zero-order chi connectivity index (χ0) is 9.71. The number of halogens is 1. The molecule has 0 saturated heterocycles. The topological polar surface area (TPSA) is 17.8 Å². The molecule has 1 fully saturated rings. The predicted octanol–water partition coefficient (Wildman–Crippen LogP) is 3.25. The molecular formula is C10H13ClN2S. The van der Waals surface area contributed by atoms with E-state index in [0.29, 0.717) is 6.04 Å². The molecule has 14 heavy (non-hydrogen) atoms. The van der Waals surface area contributed by atoms with Gasteiger partial charge in [-0.05, 0) is 25.7 Å². The molecule has 0 radical (unpaired) electrons. The van der Waals surface area contributed by atoms with E-state index < -0.39 is 0 Å². The molecule has 1 aromatic rings. The zero-order valence-electron chi connectivity index (χ0n) is 8.16. The molecule has 0 spiro atoms. The fraction of sp³-hybridized carbons (Fsp3) is 0.700. The van der Waals surface area contributed by atoms with E-state index in [-0.39, 0.29) is 0 Å². The molecule has 1 aliphatic carbocycles. The van der Waals surface area contributed by atoms with Gasteiger partial charge in [-0.25, -0.2) is 0 Å². The molecule has 4 heteroatoms. The molecule has 0 N–H and O–H groups in total. The van der Waals surface area contributed by atoms with Crippen molar-refractivity contribution in [2.45, 2.75) is 37.3 Å². The molecule has 1 aromatic heterocycles. The fourth-order valence-electron chi connectivity index (χ4n) is 2.05. The Morgan fingerprint density at radius 1 is 1.50 bits per heavy atom. The summed E-state index contributed by atoms with van der Waals surface area (Å²) in [6.45, 7) is 2.23. The van der Waals surface area contributed by atoms with Gasteiger partial charge in [0.05, 0.1) is 11.7 Å². The summed E-state index contributed by atoms with van der Waals surface area (Å²) >= 11 is 8.23. The number of nitrogens with zero attached hydrogens (tertiary/aromatic N) is 2. The monoisotopic (exact) mass is 228 g/mol. The highest BCUT2D eigenvalue weighted by Gasteiger charge is 2.32. The minimum Gasteiger partial charge on any atom is -0.250 e. The van der Waals surface area contributed by atoms with E-state index in [2.05, 4.69) is 12.0 Å². The molecule has 2 aliphatic rings. The van der Waals surface area contributed by atoms with Crippen molar-refractivity contribution in [1.82, 2.24) is 9.78 Å². The summed E-state index contributed by atoms with van der Waals surface area (Å²) < 4.78 is 2.05. The van der Waals surface area contributed by atoms with Gasteiger partial charge in [-0.2, -0.15) is 16.9 Å². The van der Waals surface area contributed by atoms with Crippen LogP contribution in [0.2, 0.25) is 5.15 Å². The molecule has 3 rings (SSSR count). The molecule has 1 unspecified atom stereocenters. The van der Waals surface area contributed by atoms with Crippen LogP contribution in [0, 0.1) is 5.92 Å². The minimum absolute atomic E-state index is 0.498. The largest absolute Gasteiger partial charge is 0.250 e. The molecule has 2 nitrogen and oxygen atoms in total. The molecule has 2 heterocycles. The van der Waals surface area contributed by atoms with Crippen molar-refractivity contribution >= 4 is 23.4 Å². The minimum atomic E-state index is 0.498. The average molecular weight is 229 g/mol. The first kappa shape index (κ1) is 9.10. The second kappa shape index (κ2) is 3.17. The van der Waals surface area contributed by atoms with Gasteiger partial charge in [0.15, 0.2) is 0 Å². The molecule has 0 aromatic carbocycles. The lowest BCUT2D eigenvalue weighted by Crippen LogP contribution is -2.09. The van der Waals surface area contributed by atoms with Gasteiger partial charge >= 0.3 is 0 Å². The first-order chi connectivity index (χ1) is 6.77. The van der Waals surface area contributed by atoms with E-state index in [0.717, 1.165) is 22.6 Å². The van der Waals surface area contributed by atoms with Gasteiger partial charge in [0, 0.05) is 17.1 Å². The second-order valence-corrected chi connectivity index (χ2v) is 5.58. The number of thioether (sulfide) groups is 1. The van der Waals surface area contributed by atoms with E-state index in [1.54, 1.807) is 0 Å². The third-order valence-corrected chi connectivity index (χ3v) is 4.57. The van der Waals surface area contributed by atoms with Crippen LogP contribution in [0.3, 0.4) is 0 Å². The zero-order valence-corrected chi connectivity index (χ0v) is 9.74. The van der Waals surface area contributed by atoms with E-state index in [1.807, 2.05) is 16.4 Å². The summed E-state index contributed by atoms with van der Waals surface area (Å²) in [7, 11) is 0. The SMILES string of the molecule is CC(C1CC1)n1nc2c(c1Cl)CSC2. The summed E-state index contributed by atoms with van der Waals surface area (Å²) in [6.07, 6.45) is 2.69. The number of rotatable bonds is 2. The molecule has 1 atom stereocenters. The van der Waals surface area contributed by atoms with Gasteiger partial charge < -0.3 is 0 Å². The van der Waals surface area contributed by atoms with Crippen molar-refractivity contribution in [2.75, 3.05) is 0 Å². The molecule has 76 valence electrons. The van der Waals surface area contributed by atoms with Crippen LogP contribution in [0.5, 0.6) is 0 Å². The molecule has 0 bridgehead atoms. The quantitative estimate of drug-likeness (QED) is 0.774. The Bertz CT molecular complexity index is 370. The van der Waals surface area contributed by atoms with Crippen molar-refractivity contribution in [1.29, 1.82) is 0 Å². The Labute approximate surface area is 93.0 Å². The highest BCUT2D eigenvalue weighted by molar-refractivity contribution is 7.98. The third kappa shape index (κ3) is 1.29. The standard InChI is InChI=1S/C10H13ClN2S/c1-6(7-2-3-7)13-10(11)8-4-14-5-9(8)12-13/h6-7H,2-5H2,1H3. The maximum Gasteiger partial charge on any atom is 0.131 e. The Morgan fingerprint density at radius 2 is 2.29 bits per heavy atom. The van der Waals surface area contributed by atoms with Crippen LogP contribution in [0.25, 0.3) is 0 Å². The van der Waals surface area contributed by atoms with Crippen LogP contribution in [-0.2, 0) is 11.5 Å². The lowest BCUT2D eigenvalue weighted by Gasteiger charge is -2.12. The first-order valence-electron chi connectivity index (χ1n) is 5.11. The van der Waals surface area contributed by atoms with Crippen molar-refractivity contribution in [2.24, 2.45) is 5.92 Å². The van der Waals surface area contributed by atoms with Crippen molar-refractivity contribution in [3.63, 3.8) is 0 Å². The summed E-state index contributed by atoms with van der Waals surface area (Å²) in [5.41, 5.74) is 2.50. The Balaban J connectivity index is 1.97. The van der Waals surface area contributed by atoms with Crippen molar-refractivity contribution in [3.8, 4) is 0 Å². The van der Waals surface area contributed by atoms with Gasteiger partial charge in [0.2, 0.25) is 0 Å². The van der Waals surface area contributed by atoms with E-state index >= 15 is 0 Å². The smallest absolute Gasteiger partial charge is 0.131 e. The summed E-state index contributed by atoms with van der Waals surface area (Å²) in [5.74, 6) is 2.91. The highest BCUT2D eigenvalue weighted by atomic mass is 35.5. The van der Waals surface area contributed by atoms with Crippen LogP contribution in [0.15, 0.2) is 0 Å². The number of hydrogen-bond donors (Lipinski definition) is 0. The Hall–Kier alpha value is -0.150. The van der Waals surface area contributed by atoms with Gasteiger partial charge in [0.25, 0.3) is 0 Å². The first-order valence-corrected chi connectivity index (χ1v) is 6.64. The third-order valence-electron chi connectivity index (χ3n) is 3.20. The number of aromatic nitrogens is 2. The van der Waals surface area contributed by atoms with Gasteiger partial charge in [-0.1, -0.05) is 11.6 Å². The van der Waals surface area contributed by atoms with Crippen LogP contribution in [0.1, 0.15) is 37.1 Å². The van der Waals surface area contributed by atoms with Crippen LogP contribution < -0.4 is 0 Å². The maximum atomic E-state index is 6.32.